The fraction of sp³-hybridized carbons (Fsp3) is 0.667. The number of likely N-dealkylation sites (tertiary alicyclic amines) is 2. The first-order valence-electron chi connectivity index (χ1n) is 9.77. The second-order valence-corrected chi connectivity index (χ2v) is 8.04. The lowest BCUT2D eigenvalue weighted by Gasteiger charge is -2.25. The molecule has 4 heteroatoms. The van der Waals surface area contributed by atoms with E-state index in [-0.39, 0.29) is 0 Å². The summed E-state index contributed by atoms with van der Waals surface area (Å²) in [6.45, 7) is 6.56. The van der Waals surface area contributed by atoms with Crippen LogP contribution >= 0.6 is 0 Å². The minimum atomic E-state index is 0.323. The zero-order valence-electron chi connectivity index (χ0n) is 16.1. The number of carbonyl (C=O) groups excluding carboxylic acids is 1. The molecule has 1 aromatic rings. The van der Waals surface area contributed by atoms with Crippen molar-refractivity contribution in [3.8, 4) is 0 Å². The standard InChI is InChI=1S/C21H33N3O/c1-17-8-10-18(11-9-17)19-14-23(15-20(19)22(2)3)16-21(25)24-12-6-4-5-7-13-24/h8-11,19-20H,4-7,12-16H2,1-3H3/t19-,20+/m0/s1. The molecule has 2 saturated heterocycles. The van der Waals surface area contributed by atoms with Gasteiger partial charge in [-0.05, 0) is 39.4 Å². The molecule has 0 aromatic heterocycles. The monoisotopic (exact) mass is 343 g/mol. The highest BCUT2D eigenvalue weighted by atomic mass is 16.2. The molecule has 1 amide bonds. The summed E-state index contributed by atoms with van der Waals surface area (Å²) in [6.07, 6.45) is 4.87. The summed E-state index contributed by atoms with van der Waals surface area (Å²) in [7, 11) is 4.32. The average Bonchev–Trinajstić information content (AvgIpc) is 2.82. The van der Waals surface area contributed by atoms with Gasteiger partial charge in [0, 0.05) is 38.1 Å². The zero-order valence-corrected chi connectivity index (χ0v) is 16.1. The van der Waals surface area contributed by atoms with Crippen LogP contribution in [0.3, 0.4) is 0 Å². The summed E-state index contributed by atoms with van der Waals surface area (Å²) in [4.78, 5) is 19.5. The van der Waals surface area contributed by atoms with Gasteiger partial charge < -0.3 is 9.80 Å². The fourth-order valence-corrected chi connectivity index (χ4v) is 4.27. The molecule has 0 radical (unpaired) electrons. The minimum absolute atomic E-state index is 0.323. The normalized spacial score (nSPS) is 25.4. The van der Waals surface area contributed by atoms with Crippen LogP contribution in [0.2, 0.25) is 0 Å². The van der Waals surface area contributed by atoms with Gasteiger partial charge in [0.1, 0.15) is 0 Å². The van der Waals surface area contributed by atoms with Crippen molar-refractivity contribution in [2.75, 3.05) is 46.8 Å². The Morgan fingerprint density at radius 3 is 2.28 bits per heavy atom. The first-order chi connectivity index (χ1) is 12.0. The van der Waals surface area contributed by atoms with E-state index in [1.54, 1.807) is 0 Å². The summed E-state index contributed by atoms with van der Waals surface area (Å²) in [5, 5.41) is 0. The van der Waals surface area contributed by atoms with Crippen LogP contribution in [0.25, 0.3) is 0 Å². The Morgan fingerprint density at radius 1 is 1.04 bits per heavy atom. The van der Waals surface area contributed by atoms with E-state index in [1.807, 2.05) is 0 Å². The lowest BCUT2D eigenvalue weighted by atomic mass is 9.93. The zero-order chi connectivity index (χ0) is 17.8. The lowest BCUT2D eigenvalue weighted by molar-refractivity contribution is -0.132. The highest BCUT2D eigenvalue weighted by Gasteiger charge is 2.36. The van der Waals surface area contributed by atoms with Crippen molar-refractivity contribution in [3.05, 3.63) is 35.4 Å². The van der Waals surface area contributed by atoms with Crippen molar-refractivity contribution in [1.29, 1.82) is 0 Å². The molecule has 0 bridgehead atoms. The smallest absolute Gasteiger partial charge is 0.236 e. The molecular formula is C21H33N3O. The molecular weight excluding hydrogens is 310 g/mol. The van der Waals surface area contributed by atoms with E-state index in [2.05, 4.69) is 60.0 Å². The van der Waals surface area contributed by atoms with Crippen molar-refractivity contribution in [2.45, 2.75) is 44.6 Å². The number of nitrogens with zero attached hydrogens (tertiary/aromatic N) is 3. The van der Waals surface area contributed by atoms with E-state index in [4.69, 9.17) is 0 Å². The maximum Gasteiger partial charge on any atom is 0.236 e. The Kier molecular flexibility index (Phi) is 6.13. The van der Waals surface area contributed by atoms with Crippen LogP contribution in [0.5, 0.6) is 0 Å². The van der Waals surface area contributed by atoms with E-state index >= 15 is 0 Å². The Balaban J connectivity index is 1.65. The Labute approximate surface area is 152 Å². The predicted molar refractivity (Wildman–Crippen MR) is 103 cm³/mol. The summed E-state index contributed by atoms with van der Waals surface area (Å²) < 4.78 is 0. The molecule has 25 heavy (non-hydrogen) atoms. The van der Waals surface area contributed by atoms with Gasteiger partial charge in [0.15, 0.2) is 0 Å². The molecule has 3 rings (SSSR count). The SMILES string of the molecule is Cc1ccc([C@@H]2CN(CC(=O)N3CCCCCC3)C[C@H]2N(C)C)cc1. The van der Waals surface area contributed by atoms with E-state index in [9.17, 15) is 4.79 Å². The van der Waals surface area contributed by atoms with Gasteiger partial charge in [-0.3, -0.25) is 9.69 Å². The number of hydrogen-bond donors (Lipinski definition) is 0. The van der Waals surface area contributed by atoms with E-state index in [0.29, 0.717) is 24.4 Å². The molecule has 0 spiro atoms. The first-order valence-corrected chi connectivity index (χ1v) is 9.77. The number of aryl methyl sites for hydroxylation is 1. The number of hydrogen-bond acceptors (Lipinski definition) is 3. The third kappa shape index (κ3) is 4.62. The molecule has 138 valence electrons. The van der Waals surface area contributed by atoms with Gasteiger partial charge in [-0.25, -0.2) is 0 Å². The molecule has 0 unspecified atom stereocenters. The molecule has 2 heterocycles. The summed E-state index contributed by atoms with van der Waals surface area (Å²) in [6, 6.07) is 9.40. The van der Waals surface area contributed by atoms with Crippen molar-refractivity contribution in [2.24, 2.45) is 0 Å². The molecule has 4 nitrogen and oxygen atoms in total. The predicted octanol–water partition coefficient (Wildman–Crippen LogP) is 2.73. The minimum Gasteiger partial charge on any atom is -0.342 e. The summed E-state index contributed by atoms with van der Waals surface area (Å²) in [5.74, 6) is 0.802. The largest absolute Gasteiger partial charge is 0.342 e. The summed E-state index contributed by atoms with van der Waals surface area (Å²) >= 11 is 0. The van der Waals surface area contributed by atoms with Crippen LogP contribution in [0.15, 0.2) is 24.3 Å². The Hall–Kier alpha value is -1.39. The van der Waals surface area contributed by atoms with Crippen LogP contribution in [-0.4, -0.2) is 73.5 Å². The highest BCUT2D eigenvalue weighted by molar-refractivity contribution is 5.78. The van der Waals surface area contributed by atoms with Gasteiger partial charge in [-0.1, -0.05) is 42.7 Å². The van der Waals surface area contributed by atoms with Crippen LogP contribution in [0.1, 0.15) is 42.7 Å². The first kappa shape index (κ1) is 18.4. The van der Waals surface area contributed by atoms with Gasteiger partial charge >= 0.3 is 0 Å². The van der Waals surface area contributed by atoms with Crippen LogP contribution in [0, 0.1) is 6.92 Å². The highest BCUT2D eigenvalue weighted by Crippen LogP contribution is 2.30. The average molecular weight is 344 g/mol. The van der Waals surface area contributed by atoms with Gasteiger partial charge in [0.2, 0.25) is 5.91 Å². The molecule has 2 fully saturated rings. The van der Waals surface area contributed by atoms with Gasteiger partial charge in [-0.15, -0.1) is 0 Å². The van der Waals surface area contributed by atoms with E-state index in [0.717, 1.165) is 39.0 Å². The molecule has 2 atom stereocenters. The van der Waals surface area contributed by atoms with Gasteiger partial charge in [0.25, 0.3) is 0 Å². The second-order valence-electron chi connectivity index (χ2n) is 8.04. The number of rotatable bonds is 4. The van der Waals surface area contributed by atoms with Crippen molar-refractivity contribution in [3.63, 3.8) is 0 Å². The Bertz CT molecular complexity index is 561. The number of amides is 1. The van der Waals surface area contributed by atoms with Crippen molar-refractivity contribution >= 4 is 5.91 Å². The van der Waals surface area contributed by atoms with Gasteiger partial charge in [-0.2, -0.15) is 0 Å². The maximum absolute atomic E-state index is 12.7. The molecule has 2 aliphatic rings. The second kappa shape index (κ2) is 8.33. The van der Waals surface area contributed by atoms with Crippen LogP contribution < -0.4 is 0 Å². The number of benzene rings is 1. The van der Waals surface area contributed by atoms with Crippen molar-refractivity contribution < 1.29 is 4.79 Å². The molecule has 0 aliphatic carbocycles. The van der Waals surface area contributed by atoms with Gasteiger partial charge in [0.05, 0.1) is 6.54 Å². The fourth-order valence-electron chi connectivity index (χ4n) is 4.27. The van der Waals surface area contributed by atoms with Crippen molar-refractivity contribution in [1.82, 2.24) is 14.7 Å². The third-order valence-electron chi connectivity index (χ3n) is 5.85. The molecule has 2 aliphatic heterocycles. The number of carbonyl (C=O) groups is 1. The quantitative estimate of drug-likeness (QED) is 0.841. The van der Waals surface area contributed by atoms with E-state index < -0.39 is 0 Å². The van der Waals surface area contributed by atoms with Crippen LogP contribution in [-0.2, 0) is 4.79 Å². The third-order valence-corrected chi connectivity index (χ3v) is 5.85. The summed E-state index contributed by atoms with van der Waals surface area (Å²) in [5.41, 5.74) is 2.70. The molecule has 1 aromatic carbocycles. The van der Waals surface area contributed by atoms with E-state index in [1.165, 1.54) is 24.0 Å². The molecule has 0 N–H and O–H groups in total. The molecule has 0 saturated carbocycles. The Morgan fingerprint density at radius 2 is 1.68 bits per heavy atom. The lowest BCUT2D eigenvalue weighted by Crippen LogP contribution is -2.41. The topological polar surface area (TPSA) is 26.8 Å². The number of likely N-dealkylation sites (N-methyl/N-ethyl adjacent to an activating group) is 1. The maximum atomic E-state index is 12.7. The van der Waals surface area contributed by atoms with Crippen LogP contribution in [0.4, 0.5) is 0 Å².